The summed E-state index contributed by atoms with van der Waals surface area (Å²) in [5.74, 6) is 0.985. The Balaban J connectivity index is 1.94. The minimum Gasteiger partial charge on any atom is -0.379 e. The lowest BCUT2D eigenvalue weighted by atomic mass is 9.86. The second-order valence-corrected chi connectivity index (χ2v) is 4.84. The highest BCUT2D eigenvalue weighted by Gasteiger charge is 2.44. The first-order chi connectivity index (χ1) is 8.59. The van der Waals surface area contributed by atoms with Crippen molar-refractivity contribution >= 4 is 0 Å². The third kappa shape index (κ3) is 1.63. The van der Waals surface area contributed by atoms with Gasteiger partial charge in [0, 0.05) is 19.3 Å². The topological polar surface area (TPSA) is 92.0 Å². The van der Waals surface area contributed by atoms with Gasteiger partial charge in [0.25, 0.3) is 0 Å². The van der Waals surface area contributed by atoms with Crippen LogP contribution in [0.2, 0.25) is 0 Å². The van der Waals surface area contributed by atoms with E-state index in [-0.39, 0.29) is 6.04 Å². The molecule has 2 aromatic rings. The van der Waals surface area contributed by atoms with Gasteiger partial charge in [0.1, 0.15) is 5.69 Å². The summed E-state index contributed by atoms with van der Waals surface area (Å²) in [6.45, 7) is 2.98. The molecule has 2 N–H and O–H groups in total. The van der Waals surface area contributed by atoms with E-state index in [0.29, 0.717) is 30.6 Å². The molecule has 3 rings (SSSR count). The van der Waals surface area contributed by atoms with E-state index in [9.17, 15) is 0 Å². The molecular formula is C11H15N5O2. The van der Waals surface area contributed by atoms with E-state index in [1.807, 2.05) is 26.2 Å². The Kier molecular flexibility index (Phi) is 2.46. The first-order valence-corrected chi connectivity index (χ1v) is 5.77. The fourth-order valence-corrected chi connectivity index (χ4v) is 2.00. The fourth-order valence-electron chi connectivity index (χ4n) is 2.00. The molecule has 7 heteroatoms. The third-order valence-corrected chi connectivity index (χ3v) is 3.37. The van der Waals surface area contributed by atoms with Gasteiger partial charge in [0.2, 0.25) is 11.7 Å². The smallest absolute Gasteiger partial charge is 0.236 e. The zero-order chi connectivity index (χ0) is 12.8. The maximum atomic E-state index is 6.02. The predicted molar refractivity (Wildman–Crippen MR) is 62.6 cm³/mol. The maximum Gasteiger partial charge on any atom is 0.236 e. The van der Waals surface area contributed by atoms with Crippen LogP contribution in [0, 0.1) is 0 Å². The van der Waals surface area contributed by atoms with E-state index in [1.54, 1.807) is 4.68 Å². The number of ether oxygens (including phenoxy) is 1. The molecule has 1 aliphatic heterocycles. The van der Waals surface area contributed by atoms with Gasteiger partial charge in [0.15, 0.2) is 0 Å². The van der Waals surface area contributed by atoms with Crippen LogP contribution < -0.4 is 5.73 Å². The van der Waals surface area contributed by atoms with Crippen molar-refractivity contribution in [2.75, 3.05) is 13.2 Å². The van der Waals surface area contributed by atoms with Gasteiger partial charge < -0.3 is 15.0 Å². The first kappa shape index (κ1) is 11.4. The van der Waals surface area contributed by atoms with Crippen molar-refractivity contribution in [3.8, 4) is 11.5 Å². The minimum absolute atomic E-state index is 0.130. The number of aromatic nitrogens is 4. The molecule has 2 atom stereocenters. The molecule has 3 heterocycles. The quantitative estimate of drug-likeness (QED) is 0.810. The second kappa shape index (κ2) is 3.89. The molecule has 1 fully saturated rings. The summed E-state index contributed by atoms with van der Waals surface area (Å²) in [4.78, 5) is 4.38. The van der Waals surface area contributed by atoms with E-state index in [1.165, 1.54) is 0 Å². The van der Waals surface area contributed by atoms with Gasteiger partial charge in [0.05, 0.1) is 18.6 Å². The second-order valence-electron chi connectivity index (χ2n) is 4.84. The summed E-state index contributed by atoms with van der Waals surface area (Å²) in [7, 11) is 1.84. The van der Waals surface area contributed by atoms with Crippen molar-refractivity contribution in [1.29, 1.82) is 0 Å². The SMILES string of the molecule is Cn1ccc(-c2noc(C3(C)COCC3N)n2)n1. The van der Waals surface area contributed by atoms with Crippen LogP contribution in [0.4, 0.5) is 0 Å². The highest BCUT2D eigenvalue weighted by atomic mass is 16.5. The molecule has 2 aromatic heterocycles. The summed E-state index contributed by atoms with van der Waals surface area (Å²) in [5.41, 5.74) is 6.29. The van der Waals surface area contributed by atoms with E-state index in [2.05, 4.69) is 15.2 Å². The standard InChI is InChI=1S/C11H15N5O2/c1-11(6-17-5-8(11)12)10-13-9(15-18-10)7-3-4-16(2)14-7/h3-4,8H,5-6,12H2,1-2H3. The Bertz CT molecular complexity index is 563. The van der Waals surface area contributed by atoms with Gasteiger partial charge in [-0.05, 0) is 13.0 Å². The lowest BCUT2D eigenvalue weighted by molar-refractivity contribution is 0.169. The highest BCUT2D eigenvalue weighted by Crippen LogP contribution is 2.31. The van der Waals surface area contributed by atoms with E-state index in [4.69, 9.17) is 15.0 Å². The number of aryl methyl sites for hydroxylation is 1. The van der Waals surface area contributed by atoms with Crippen LogP contribution in [0.25, 0.3) is 11.5 Å². The van der Waals surface area contributed by atoms with E-state index >= 15 is 0 Å². The van der Waals surface area contributed by atoms with Gasteiger partial charge in [-0.2, -0.15) is 10.1 Å². The summed E-state index contributed by atoms with van der Waals surface area (Å²) < 4.78 is 12.4. The van der Waals surface area contributed by atoms with Gasteiger partial charge in [-0.3, -0.25) is 4.68 Å². The van der Waals surface area contributed by atoms with E-state index in [0.717, 1.165) is 0 Å². The molecule has 0 aromatic carbocycles. The highest BCUT2D eigenvalue weighted by molar-refractivity contribution is 5.47. The minimum atomic E-state index is -0.417. The number of nitrogens with two attached hydrogens (primary N) is 1. The predicted octanol–water partition coefficient (Wildman–Crippen LogP) is 0.0853. The van der Waals surface area contributed by atoms with Crippen LogP contribution in [-0.4, -0.2) is 39.2 Å². The summed E-state index contributed by atoms with van der Waals surface area (Å²) in [6.07, 6.45) is 1.83. The first-order valence-electron chi connectivity index (χ1n) is 5.77. The van der Waals surface area contributed by atoms with Crippen LogP contribution in [0.15, 0.2) is 16.8 Å². The van der Waals surface area contributed by atoms with Crippen LogP contribution in [0.5, 0.6) is 0 Å². The van der Waals surface area contributed by atoms with Crippen molar-refractivity contribution in [2.45, 2.75) is 18.4 Å². The molecule has 0 aliphatic carbocycles. The van der Waals surface area contributed by atoms with Crippen molar-refractivity contribution in [3.63, 3.8) is 0 Å². The zero-order valence-corrected chi connectivity index (χ0v) is 10.3. The zero-order valence-electron chi connectivity index (χ0n) is 10.3. The maximum absolute atomic E-state index is 6.02. The molecule has 2 unspecified atom stereocenters. The van der Waals surface area contributed by atoms with Crippen molar-refractivity contribution in [3.05, 3.63) is 18.2 Å². The summed E-state index contributed by atoms with van der Waals surface area (Å²) in [5, 5.41) is 8.18. The number of hydrogen-bond donors (Lipinski definition) is 1. The third-order valence-electron chi connectivity index (χ3n) is 3.37. The normalized spacial score (nSPS) is 27.8. The molecule has 1 aliphatic rings. The van der Waals surface area contributed by atoms with Crippen LogP contribution in [0.3, 0.4) is 0 Å². The van der Waals surface area contributed by atoms with Gasteiger partial charge in [-0.1, -0.05) is 5.16 Å². The van der Waals surface area contributed by atoms with Crippen molar-refractivity contribution < 1.29 is 9.26 Å². The Morgan fingerprint density at radius 1 is 1.56 bits per heavy atom. The molecule has 0 amide bonds. The van der Waals surface area contributed by atoms with Crippen LogP contribution in [-0.2, 0) is 17.2 Å². The average molecular weight is 249 g/mol. The fraction of sp³-hybridized carbons (Fsp3) is 0.545. The van der Waals surface area contributed by atoms with Gasteiger partial charge >= 0.3 is 0 Å². The Morgan fingerprint density at radius 2 is 2.39 bits per heavy atom. The van der Waals surface area contributed by atoms with Gasteiger partial charge in [-0.15, -0.1) is 0 Å². The molecule has 96 valence electrons. The van der Waals surface area contributed by atoms with Crippen LogP contribution in [0.1, 0.15) is 12.8 Å². The Hall–Kier alpha value is -1.73. The van der Waals surface area contributed by atoms with Crippen molar-refractivity contribution in [2.24, 2.45) is 12.8 Å². The van der Waals surface area contributed by atoms with E-state index < -0.39 is 5.41 Å². The Labute approximate surface area is 104 Å². The molecule has 0 radical (unpaired) electrons. The molecule has 0 bridgehead atoms. The van der Waals surface area contributed by atoms with Crippen LogP contribution >= 0.6 is 0 Å². The number of nitrogens with zero attached hydrogens (tertiary/aromatic N) is 4. The molecule has 1 saturated heterocycles. The molecule has 18 heavy (non-hydrogen) atoms. The largest absolute Gasteiger partial charge is 0.379 e. The lowest BCUT2D eigenvalue weighted by Gasteiger charge is -2.21. The average Bonchev–Trinajstić information content (AvgIpc) is 3.01. The van der Waals surface area contributed by atoms with Crippen molar-refractivity contribution in [1.82, 2.24) is 19.9 Å². The van der Waals surface area contributed by atoms with Gasteiger partial charge in [-0.25, -0.2) is 0 Å². The summed E-state index contributed by atoms with van der Waals surface area (Å²) in [6, 6.07) is 1.71. The number of rotatable bonds is 2. The number of hydrogen-bond acceptors (Lipinski definition) is 6. The lowest BCUT2D eigenvalue weighted by Crippen LogP contribution is -2.42. The Morgan fingerprint density at radius 3 is 3.00 bits per heavy atom. The monoisotopic (exact) mass is 249 g/mol. The molecular weight excluding hydrogens is 234 g/mol. The molecule has 0 saturated carbocycles. The molecule has 0 spiro atoms. The summed E-state index contributed by atoms with van der Waals surface area (Å²) >= 11 is 0. The molecule has 7 nitrogen and oxygen atoms in total.